The van der Waals surface area contributed by atoms with Gasteiger partial charge in [-0.15, -0.1) is 0 Å². The Morgan fingerprint density at radius 1 is 1.20 bits per heavy atom. The minimum absolute atomic E-state index is 0.354. The van der Waals surface area contributed by atoms with Crippen LogP contribution in [-0.4, -0.2) is 13.0 Å². The van der Waals surface area contributed by atoms with Gasteiger partial charge in [0.1, 0.15) is 5.75 Å². The molecule has 1 N–H and O–H groups in total. The van der Waals surface area contributed by atoms with E-state index in [0.29, 0.717) is 11.4 Å². The van der Waals surface area contributed by atoms with Gasteiger partial charge in [-0.3, -0.25) is 4.79 Å². The van der Waals surface area contributed by atoms with Gasteiger partial charge in [0, 0.05) is 0 Å². The van der Waals surface area contributed by atoms with Gasteiger partial charge in [-0.25, -0.2) is 8.78 Å². The molecule has 0 spiro atoms. The Balaban J connectivity index is 2.30. The summed E-state index contributed by atoms with van der Waals surface area (Å²) in [6, 6.07) is 8.60. The van der Waals surface area contributed by atoms with Gasteiger partial charge >= 0.3 is 0 Å². The molecule has 0 radical (unpaired) electrons. The van der Waals surface area contributed by atoms with Crippen LogP contribution in [0.15, 0.2) is 36.4 Å². The number of carbonyl (C=O) groups is 1. The highest BCUT2D eigenvalue weighted by molar-refractivity contribution is 6.05. The molecule has 0 atom stereocenters. The number of hydrogen-bond acceptors (Lipinski definition) is 2. The van der Waals surface area contributed by atoms with E-state index in [1.807, 2.05) is 6.92 Å². The average Bonchev–Trinajstić information content (AvgIpc) is 2.43. The topological polar surface area (TPSA) is 38.3 Å². The molecule has 20 heavy (non-hydrogen) atoms. The summed E-state index contributed by atoms with van der Waals surface area (Å²) in [6.07, 6.45) is 0. The quantitative estimate of drug-likeness (QED) is 0.932. The average molecular weight is 277 g/mol. The van der Waals surface area contributed by atoms with Crippen molar-refractivity contribution in [3.8, 4) is 5.75 Å². The number of nitrogens with one attached hydrogen (secondary N) is 1. The van der Waals surface area contributed by atoms with E-state index in [9.17, 15) is 13.6 Å². The number of hydrogen-bond donors (Lipinski definition) is 1. The summed E-state index contributed by atoms with van der Waals surface area (Å²) in [5.74, 6) is -2.51. The summed E-state index contributed by atoms with van der Waals surface area (Å²) < 4.78 is 31.8. The fourth-order valence-corrected chi connectivity index (χ4v) is 1.77. The summed E-state index contributed by atoms with van der Waals surface area (Å²) in [4.78, 5) is 12.0. The predicted octanol–water partition coefficient (Wildman–Crippen LogP) is 3.53. The summed E-state index contributed by atoms with van der Waals surface area (Å²) in [7, 11) is 1.47. The molecule has 1 amide bonds. The van der Waals surface area contributed by atoms with Crippen molar-refractivity contribution < 1.29 is 18.3 Å². The first-order valence-electron chi connectivity index (χ1n) is 5.93. The zero-order valence-electron chi connectivity index (χ0n) is 11.0. The summed E-state index contributed by atoms with van der Waals surface area (Å²) in [5.41, 5.74) is 0.996. The number of carbonyl (C=O) groups excluding carboxylic acids is 1. The van der Waals surface area contributed by atoms with E-state index in [4.69, 9.17) is 4.74 Å². The number of benzene rings is 2. The van der Waals surface area contributed by atoms with Crippen molar-refractivity contribution in [1.82, 2.24) is 0 Å². The lowest BCUT2D eigenvalue weighted by Crippen LogP contribution is -2.15. The van der Waals surface area contributed by atoms with E-state index in [2.05, 4.69) is 5.32 Å². The van der Waals surface area contributed by atoms with Crippen LogP contribution in [0.3, 0.4) is 0 Å². The van der Waals surface area contributed by atoms with Crippen molar-refractivity contribution in [2.75, 3.05) is 12.4 Å². The Morgan fingerprint density at radius 2 is 1.95 bits per heavy atom. The molecule has 0 aromatic heterocycles. The van der Waals surface area contributed by atoms with E-state index < -0.39 is 17.5 Å². The second-order valence-electron chi connectivity index (χ2n) is 4.26. The van der Waals surface area contributed by atoms with E-state index in [1.165, 1.54) is 19.2 Å². The Morgan fingerprint density at radius 3 is 2.65 bits per heavy atom. The van der Waals surface area contributed by atoms with E-state index in [1.54, 1.807) is 18.2 Å². The number of amides is 1. The second kappa shape index (κ2) is 5.69. The third-order valence-corrected chi connectivity index (χ3v) is 2.80. The van der Waals surface area contributed by atoms with Gasteiger partial charge in [0.2, 0.25) is 0 Å². The van der Waals surface area contributed by atoms with Gasteiger partial charge in [-0.1, -0.05) is 12.1 Å². The minimum atomic E-state index is -1.17. The van der Waals surface area contributed by atoms with Crippen LogP contribution in [0.1, 0.15) is 15.9 Å². The molecule has 2 rings (SSSR count). The van der Waals surface area contributed by atoms with Gasteiger partial charge in [0.05, 0.1) is 18.4 Å². The zero-order chi connectivity index (χ0) is 14.7. The van der Waals surface area contributed by atoms with Crippen molar-refractivity contribution in [1.29, 1.82) is 0 Å². The summed E-state index contributed by atoms with van der Waals surface area (Å²) >= 11 is 0. The van der Waals surface area contributed by atoms with Gasteiger partial charge in [0.15, 0.2) is 11.6 Å². The SMILES string of the molecule is COc1cc(C)ccc1NC(=O)c1cccc(F)c1F. The number of rotatable bonds is 3. The molecule has 3 nitrogen and oxygen atoms in total. The standard InChI is InChI=1S/C15H13F2NO2/c1-9-6-7-12(13(8-9)20-2)18-15(19)10-4-3-5-11(16)14(10)17/h3-8H,1-2H3,(H,18,19). The molecule has 0 saturated carbocycles. The fourth-order valence-electron chi connectivity index (χ4n) is 1.77. The smallest absolute Gasteiger partial charge is 0.258 e. The van der Waals surface area contributed by atoms with Crippen molar-refractivity contribution in [3.05, 3.63) is 59.2 Å². The van der Waals surface area contributed by atoms with E-state index in [0.717, 1.165) is 11.6 Å². The molecular formula is C15H13F2NO2. The Hall–Kier alpha value is -2.43. The van der Waals surface area contributed by atoms with Crippen molar-refractivity contribution >= 4 is 11.6 Å². The van der Waals surface area contributed by atoms with E-state index >= 15 is 0 Å². The van der Waals surface area contributed by atoms with Crippen LogP contribution in [-0.2, 0) is 0 Å². The van der Waals surface area contributed by atoms with Gasteiger partial charge in [0.25, 0.3) is 5.91 Å². The van der Waals surface area contributed by atoms with Gasteiger partial charge in [-0.2, -0.15) is 0 Å². The van der Waals surface area contributed by atoms with Crippen LogP contribution in [0.2, 0.25) is 0 Å². The maximum absolute atomic E-state index is 13.5. The number of ether oxygens (including phenoxy) is 1. The molecular weight excluding hydrogens is 264 g/mol. The molecule has 0 unspecified atom stereocenters. The Bertz CT molecular complexity index is 656. The third kappa shape index (κ3) is 2.77. The molecule has 104 valence electrons. The molecule has 0 aliphatic carbocycles. The first kappa shape index (κ1) is 14.0. The van der Waals surface area contributed by atoms with Crippen LogP contribution in [0.4, 0.5) is 14.5 Å². The second-order valence-corrected chi connectivity index (χ2v) is 4.26. The number of halogens is 2. The van der Waals surface area contributed by atoms with Crippen LogP contribution >= 0.6 is 0 Å². The molecule has 2 aromatic carbocycles. The number of anilines is 1. The first-order valence-corrected chi connectivity index (χ1v) is 5.93. The number of methoxy groups -OCH3 is 1. The molecule has 0 aliphatic heterocycles. The van der Waals surface area contributed by atoms with Crippen LogP contribution < -0.4 is 10.1 Å². The Kier molecular flexibility index (Phi) is 3.98. The molecule has 0 saturated heterocycles. The molecule has 0 bridgehead atoms. The molecule has 2 aromatic rings. The molecule has 0 aliphatic rings. The zero-order valence-corrected chi connectivity index (χ0v) is 11.0. The largest absolute Gasteiger partial charge is 0.495 e. The highest BCUT2D eigenvalue weighted by Gasteiger charge is 2.16. The lowest BCUT2D eigenvalue weighted by Gasteiger charge is -2.11. The highest BCUT2D eigenvalue weighted by atomic mass is 19.2. The molecule has 5 heteroatoms. The number of aryl methyl sites for hydroxylation is 1. The van der Waals surface area contributed by atoms with E-state index in [-0.39, 0.29) is 5.56 Å². The maximum atomic E-state index is 13.5. The monoisotopic (exact) mass is 277 g/mol. The first-order chi connectivity index (χ1) is 9.52. The van der Waals surface area contributed by atoms with Crippen LogP contribution in [0.5, 0.6) is 5.75 Å². The highest BCUT2D eigenvalue weighted by Crippen LogP contribution is 2.26. The normalized spacial score (nSPS) is 10.2. The van der Waals surface area contributed by atoms with Gasteiger partial charge < -0.3 is 10.1 Å². The van der Waals surface area contributed by atoms with Gasteiger partial charge in [-0.05, 0) is 36.8 Å². The third-order valence-electron chi connectivity index (χ3n) is 2.80. The lowest BCUT2D eigenvalue weighted by atomic mass is 10.1. The summed E-state index contributed by atoms with van der Waals surface area (Å²) in [6.45, 7) is 1.88. The van der Waals surface area contributed by atoms with Crippen molar-refractivity contribution in [2.24, 2.45) is 0 Å². The van der Waals surface area contributed by atoms with Crippen molar-refractivity contribution in [2.45, 2.75) is 6.92 Å². The summed E-state index contributed by atoms with van der Waals surface area (Å²) in [5, 5.41) is 2.50. The minimum Gasteiger partial charge on any atom is -0.495 e. The fraction of sp³-hybridized carbons (Fsp3) is 0.133. The van der Waals surface area contributed by atoms with Crippen molar-refractivity contribution in [3.63, 3.8) is 0 Å². The predicted molar refractivity (Wildman–Crippen MR) is 72.0 cm³/mol. The maximum Gasteiger partial charge on any atom is 0.258 e. The van der Waals surface area contributed by atoms with Crippen LogP contribution in [0, 0.1) is 18.6 Å². The Labute approximate surface area is 115 Å². The lowest BCUT2D eigenvalue weighted by molar-refractivity contribution is 0.102. The molecule has 0 heterocycles. The molecule has 0 fully saturated rings. The van der Waals surface area contributed by atoms with Crippen LogP contribution in [0.25, 0.3) is 0 Å².